The Morgan fingerprint density at radius 1 is 0.556 bits per heavy atom. The van der Waals surface area contributed by atoms with Gasteiger partial charge in [-0.15, -0.1) is 93.4 Å². The zero-order chi connectivity index (χ0) is 29.8. The summed E-state index contributed by atoms with van der Waals surface area (Å²) in [4.78, 5) is 0. The van der Waals surface area contributed by atoms with E-state index in [1.165, 1.54) is 106 Å². The van der Waals surface area contributed by atoms with Crippen LogP contribution in [0.5, 0.6) is 0 Å². The van der Waals surface area contributed by atoms with E-state index in [4.69, 9.17) is 0 Å². The molecule has 0 aliphatic heterocycles. The third-order valence-electron chi connectivity index (χ3n) is 8.03. The zero-order valence-corrected chi connectivity index (χ0v) is 33.6. The van der Waals surface area contributed by atoms with Crippen LogP contribution >= 0.6 is 24.8 Å². The van der Waals surface area contributed by atoms with Crippen molar-refractivity contribution < 1.29 is 23.3 Å². The van der Waals surface area contributed by atoms with Gasteiger partial charge in [0.1, 0.15) is 0 Å². The SMILES string of the molecule is Cc1ccc(-c2ccc(C)c3[cH-]c(C)cc23)c(C)c1.Cc1ccc(-c2cccc3[cH-]c(C(C)C)cc23)c(C)c1.Cl.Cl.[CH3-].[CH3-].[Si]=[Zr]. The van der Waals surface area contributed by atoms with Crippen LogP contribution in [0.3, 0.4) is 0 Å². The van der Waals surface area contributed by atoms with Gasteiger partial charge in [-0.3, -0.25) is 0 Å². The number of rotatable bonds is 3. The van der Waals surface area contributed by atoms with Gasteiger partial charge < -0.3 is 14.9 Å². The molecule has 6 rings (SSSR count). The first-order valence-electron chi connectivity index (χ1n) is 14.4. The fourth-order valence-electron chi connectivity index (χ4n) is 5.88. The molecule has 0 amide bonds. The molecule has 0 unspecified atom stereocenters. The molecular weight excluding hydrogens is 683 g/mol. The van der Waals surface area contributed by atoms with Crippen LogP contribution < -0.4 is 0 Å². The van der Waals surface area contributed by atoms with E-state index >= 15 is 0 Å². The van der Waals surface area contributed by atoms with Crippen molar-refractivity contribution in [1.29, 1.82) is 0 Å². The summed E-state index contributed by atoms with van der Waals surface area (Å²) in [7, 11) is 0. The number of aryl methyl sites for hydroxylation is 6. The standard InChI is InChI=1S/C20H21.C19H19.2CH3.2ClH.Si.Zr/c1-13(2)17-11-16-6-5-7-19(20(16)12-17)18-9-8-14(3)10-15(18)4;1-12-5-7-16(15(4)9-12)17-8-6-14(3)18-10-13(2)11-19(17)18;;;;;;/h5-13H,1-4H3;5-11H,1-4H3;2*1H3;2*1H;;/q4*-1;;;;. The summed E-state index contributed by atoms with van der Waals surface area (Å²) in [5, 5.41) is 5.49. The van der Waals surface area contributed by atoms with Gasteiger partial charge in [-0.05, 0) is 55.9 Å². The maximum absolute atomic E-state index is 3.06. The van der Waals surface area contributed by atoms with Gasteiger partial charge in [0.25, 0.3) is 0 Å². The Kier molecular flexibility index (Phi) is 17.9. The van der Waals surface area contributed by atoms with Crippen molar-refractivity contribution in [1.82, 2.24) is 0 Å². The van der Waals surface area contributed by atoms with Crippen LogP contribution in [0.1, 0.15) is 58.7 Å². The monoisotopic (exact) mass is 728 g/mol. The van der Waals surface area contributed by atoms with Gasteiger partial charge in [0.15, 0.2) is 0 Å². The molecular formula is C41H48Cl2SiZr-4. The average Bonchev–Trinajstić information content (AvgIpc) is 3.56. The van der Waals surface area contributed by atoms with E-state index in [0.29, 0.717) is 5.92 Å². The van der Waals surface area contributed by atoms with Crippen molar-refractivity contribution in [2.75, 3.05) is 0 Å². The molecule has 6 aromatic rings. The number of fused-ring (bicyclic) bond motifs is 2. The normalized spacial score (nSPS) is 9.87. The first-order chi connectivity index (χ1) is 19.6. The van der Waals surface area contributed by atoms with Crippen LogP contribution in [-0.2, 0) is 23.3 Å². The van der Waals surface area contributed by atoms with Crippen molar-refractivity contribution in [2.45, 2.75) is 61.3 Å². The summed E-state index contributed by atoms with van der Waals surface area (Å²) >= 11 is 1.36. The maximum atomic E-state index is 3.06. The molecule has 0 aliphatic carbocycles. The van der Waals surface area contributed by atoms with Gasteiger partial charge in [-0.1, -0.05) is 98.5 Å². The second-order valence-electron chi connectivity index (χ2n) is 11.7. The average molecular weight is 731 g/mol. The second-order valence-corrected chi connectivity index (χ2v) is 11.7. The summed E-state index contributed by atoms with van der Waals surface area (Å²) in [5.41, 5.74) is 14.9. The van der Waals surface area contributed by atoms with Crippen LogP contribution in [0.15, 0.2) is 91.0 Å². The molecule has 6 aromatic carbocycles. The fourth-order valence-corrected chi connectivity index (χ4v) is 5.88. The molecule has 45 heavy (non-hydrogen) atoms. The molecule has 0 saturated carbocycles. The molecule has 0 heterocycles. The summed E-state index contributed by atoms with van der Waals surface area (Å²) in [6.07, 6.45) is 0. The predicted molar refractivity (Wildman–Crippen MR) is 206 cm³/mol. The zero-order valence-electron chi connectivity index (χ0n) is 28.6. The van der Waals surface area contributed by atoms with E-state index in [1.54, 1.807) is 0 Å². The van der Waals surface area contributed by atoms with Crippen molar-refractivity contribution in [3.05, 3.63) is 145 Å². The van der Waals surface area contributed by atoms with Crippen molar-refractivity contribution >= 4 is 53.2 Å². The van der Waals surface area contributed by atoms with Gasteiger partial charge in [0.05, 0.1) is 0 Å². The Morgan fingerprint density at radius 3 is 1.58 bits per heavy atom. The molecule has 0 spiro atoms. The first-order valence-corrected chi connectivity index (χ1v) is 18.6. The van der Waals surface area contributed by atoms with Gasteiger partial charge in [0, 0.05) is 0 Å². The topological polar surface area (TPSA) is 0 Å². The van der Waals surface area contributed by atoms with Crippen LogP contribution in [0.25, 0.3) is 43.8 Å². The third kappa shape index (κ3) is 9.65. The molecule has 0 N–H and O–H groups in total. The van der Waals surface area contributed by atoms with Crippen LogP contribution in [0.4, 0.5) is 0 Å². The van der Waals surface area contributed by atoms with Crippen LogP contribution in [0.2, 0.25) is 0 Å². The quantitative estimate of drug-likeness (QED) is 0.126. The number of hydrogen-bond donors (Lipinski definition) is 0. The molecule has 238 valence electrons. The Bertz CT molecular complexity index is 1820. The predicted octanol–water partition coefficient (Wildman–Crippen LogP) is 12.8. The second kappa shape index (κ2) is 18.8. The van der Waals surface area contributed by atoms with Gasteiger partial charge in [-0.2, -0.15) is 12.1 Å². The molecule has 4 heteroatoms. The molecule has 0 aliphatic rings. The molecule has 0 bridgehead atoms. The Hall–Kier alpha value is -2.22. The minimum absolute atomic E-state index is 0. The molecule has 0 nitrogen and oxygen atoms in total. The van der Waals surface area contributed by atoms with E-state index in [-0.39, 0.29) is 39.7 Å². The molecule has 0 fully saturated rings. The Balaban J connectivity index is 0.000000753. The number of hydrogen-bond acceptors (Lipinski definition) is 0. The summed E-state index contributed by atoms with van der Waals surface area (Å²) in [5.74, 6) is 0.578. The fraction of sp³-hybridized carbons (Fsp3) is 0.220. The van der Waals surface area contributed by atoms with Gasteiger partial charge in [-0.25, -0.2) is 0 Å². The third-order valence-corrected chi connectivity index (χ3v) is 8.03. The summed E-state index contributed by atoms with van der Waals surface area (Å²) in [6.45, 7) is 20.6. The Morgan fingerprint density at radius 2 is 1.07 bits per heavy atom. The van der Waals surface area contributed by atoms with Crippen LogP contribution in [-0.4, -0.2) is 6.88 Å². The molecule has 0 aromatic heterocycles. The first kappa shape index (κ1) is 42.8. The molecule has 2 radical (unpaired) electrons. The van der Waals surface area contributed by atoms with Crippen molar-refractivity contribution in [3.8, 4) is 22.3 Å². The van der Waals surface area contributed by atoms with Crippen LogP contribution in [0, 0.1) is 56.4 Å². The molecule has 0 atom stereocenters. The van der Waals surface area contributed by atoms with E-state index in [1.807, 2.05) is 0 Å². The van der Waals surface area contributed by atoms with E-state index in [2.05, 4.69) is 153 Å². The number of halogens is 2. The van der Waals surface area contributed by atoms with E-state index < -0.39 is 0 Å². The van der Waals surface area contributed by atoms with E-state index in [0.717, 1.165) is 0 Å². The van der Waals surface area contributed by atoms with Gasteiger partial charge in [0.2, 0.25) is 0 Å². The summed E-state index contributed by atoms with van der Waals surface area (Å²) < 4.78 is 0. The van der Waals surface area contributed by atoms with Gasteiger partial charge >= 0.3 is 30.2 Å². The number of benzene rings is 4. The minimum atomic E-state index is 0. The molecule has 0 saturated heterocycles. The summed E-state index contributed by atoms with van der Waals surface area (Å²) in [6, 6.07) is 33.8. The Labute approximate surface area is 302 Å². The van der Waals surface area contributed by atoms with E-state index in [9.17, 15) is 0 Å². The van der Waals surface area contributed by atoms with Crippen molar-refractivity contribution in [2.24, 2.45) is 0 Å². The van der Waals surface area contributed by atoms with Crippen molar-refractivity contribution in [3.63, 3.8) is 0 Å².